The van der Waals surface area contributed by atoms with Gasteiger partial charge in [0.2, 0.25) is 0 Å². The number of allylic oxidation sites excluding steroid dienone is 2. The van der Waals surface area contributed by atoms with Crippen LogP contribution in [0.3, 0.4) is 0 Å². The number of hydrogen-bond donors (Lipinski definition) is 0. The van der Waals surface area contributed by atoms with Gasteiger partial charge in [0.1, 0.15) is 5.75 Å². The topological polar surface area (TPSA) is 12.5 Å². The molecule has 0 aromatic heterocycles. The Morgan fingerprint density at radius 1 is 1.19 bits per heavy atom. The Labute approximate surface area is 129 Å². The van der Waals surface area contributed by atoms with Crippen LogP contribution in [0.4, 0.5) is 0 Å². The van der Waals surface area contributed by atoms with Crippen LogP contribution < -0.4 is 4.74 Å². The van der Waals surface area contributed by atoms with Crippen LogP contribution in [0.25, 0.3) is 0 Å². The van der Waals surface area contributed by atoms with Crippen LogP contribution in [0.1, 0.15) is 44.6 Å². The molecule has 1 heterocycles. The summed E-state index contributed by atoms with van der Waals surface area (Å²) in [6, 6.07) is 8.56. The highest BCUT2D eigenvalue weighted by Crippen LogP contribution is 2.15. The zero-order valence-electron chi connectivity index (χ0n) is 13.4. The minimum Gasteiger partial charge on any atom is -0.494 e. The van der Waals surface area contributed by atoms with E-state index in [1.807, 2.05) is 0 Å². The smallest absolute Gasteiger partial charge is 0.119 e. The molecule has 1 aliphatic rings. The van der Waals surface area contributed by atoms with Crippen LogP contribution >= 0.6 is 0 Å². The lowest BCUT2D eigenvalue weighted by atomic mass is 10.1. The number of aryl methyl sites for hydroxylation is 1. The first-order chi connectivity index (χ1) is 10.4. The Hall–Kier alpha value is -1.28. The molecule has 1 aromatic carbocycles. The van der Waals surface area contributed by atoms with Crippen molar-refractivity contribution in [3.05, 3.63) is 42.0 Å². The van der Waals surface area contributed by atoms with Gasteiger partial charge >= 0.3 is 0 Å². The van der Waals surface area contributed by atoms with Crippen molar-refractivity contribution in [1.29, 1.82) is 0 Å². The van der Waals surface area contributed by atoms with Crippen LogP contribution in [0, 0.1) is 0 Å². The molecule has 116 valence electrons. The van der Waals surface area contributed by atoms with Crippen molar-refractivity contribution in [1.82, 2.24) is 4.90 Å². The van der Waals surface area contributed by atoms with Crippen LogP contribution in [0.5, 0.6) is 5.75 Å². The number of benzene rings is 1. The van der Waals surface area contributed by atoms with Gasteiger partial charge in [-0.2, -0.15) is 0 Å². The number of ether oxygens (including phenoxy) is 1. The second kappa shape index (κ2) is 9.62. The van der Waals surface area contributed by atoms with Crippen molar-refractivity contribution in [2.45, 2.75) is 45.4 Å². The van der Waals surface area contributed by atoms with Gasteiger partial charge in [-0.25, -0.2) is 0 Å². The Morgan fingerprint density at radius 3 is 2.86 bits per heavy atom. The molecule has 0 spiro atoms. The Kier molecular flexibility index (Phi) is 7.37. The summed E-state index contributed by atoms with van der Waals surface area (Å²) in [5.74, 6) is 1.02. The minimum atomic E-state index is 0.829. The molecule has 1 saturated heterocycles. The van der Waals surface area contributed by atoms with E-state index in [9.17, 15) is 0 Å². The summed E-state index contributed by atoms with van der Waals surface area (Å²) in [7, 11) is 0. The van der Waals surface area contributed by atoms with Gasteiger partial charge in [0.25, 0.3) is 0 Å². The summed E-state index contributed by atoms with van der Waals surface area (Å²) in [5.41, 5.74) is 1.37. The van der Waals surface area contributed by atoms with Gasteiger partial charge in [-0.1, -0.05) is 31.2 Å². The molecular formula is C19H29NO. The molecule has 2 heteroatoms. The van der Waals surface area contributed by atoms with E-state index in [0.717, 1.165) is 38.0 Å². The van der Waals surface area contributed by atoms with Crippen molar-refractivity contribution < 1.29 is 4.74 Å². The summed E-state index contributed by atoms with van der Waals surface area (Å²) >= 11 is 0. The number of hydrogen-bond acceptors (Lipinski definition) is 2. The van der Waals surface area contributed by atoms with E-state index in [1.165, 1.54) is 38.0 Å². The highest BCUT2D eigenvalue weighted by atomic mass is 16.5. The molecular weight excluding hydrogens is 258 g/mol. The molecule has 0 N–H and O–H groups in total. The average molecular weight is 287 g/mol. The fraction of sp³-hybridized carbons (Fsp3) is 0.579. The zero-order chi connectivity index (χ0) is 14.8. The van der Waals surface area contributed by atoms with Crippen molar-refractivity contribution in [2.24, 2.45) is 0 Å². The average Bonchev–Trinajstić information content (AvgIpc) is 3.02. The van der Waals surface area contributed by atoms with Crippen LogP contribution in [-0.4, -0.2) is 31.1 Å². The molecule has 1 fully saturated rings. The van der Waals surface area contributed by atoms with E-state index in [-0.39, 0.29) is 0 Å². The van der Waals surface area contributed by atoms with Crippen molar-refractivity contribution in [2.75, 3.05) is 26.2 Å². The van der Waals surface area contributed by atoms with Gasteiger partial charge in [-0.3, -0.25) is 0 Å². The Balaban J connectivity index is 1.66. The standard InChI is InChI=1S/C19H29NO/c1-2-3-4-5-10-18-11-8-12-19(17-18)21-16-9-15-20-13-6-7-14-20/h3-4,8,11-12,17H,2,5-7,9-10,13-16H2,1H3/b4-3-. The molecule has 0 saturated carbocycles. The summed E-state index contributed by atoms with van der Waals surface area (Å²) in [6.07, 6.45) is 11.7. The molecule has 21 heavy (non-hydrogen) atoms. The highest BCUT2D eigenvalue weighted by Gasteiger charge is 2.10. The van der Waals surface area contributed by atoms with Gasteiger partial charge in [-0.15, -0.1) is 0 Å². The molecule has 2 nitrogen and oxygen atoms in total. The molecule has 0 radical (unpaired) electrons. The van der Waals surface area contributed by atoms with Gasteiger partial charge in [-0.05, 0) is 69.3 Å². The van der Waals surface area contributed by atoms with E-state index >= 15 is 0 Å². The van der Waals surface area contributed by atoms with E-state index < -0.39 is 0 Å². The lowest BCUT2D eigenvalue weighted by Crippen LogP contribution is -2.21. The van der Waals surface area contributed by atoms with Gasteiger partial charge in [0.05, 0.1) is 6.61 Å². The minimum absolute atomic E-state index is 0.829. The quantitative estimate of drug-likeness (QED) is 0.491. The van der Waals surface area contributed by atoms with Gasteiger partial charge < -0.3 is 9.64 Å². The third-order valence-electron chi connectivity index (χ3n) is 3.99. The number of nitrogens with zero attached hydrogens (tertiary/aromatic N) is 1. The Bertz CT molecular complexity index is 421. The molecule has 0 bridgehead atoms. The normalized spacial score (nSPS) is 15.9. The first-order valence-electron chi connectivity index (χ1n) is 8.47. The van der Waals surface area contributed by atoms with Crippen molar-refractivity contribution in [3.8, 4) is 5.75 Å². The maximum atomic E-state index is 5.89. The van der Waals surface area contributed by atoms with E-state index in [0.29, 0.717) is 0 Å². The fourth-order valence-corrected chi connectivity index (χ4v) is 2.81. The van der Waals surface area contributed by atoms with Crippen LogP contribution in [0.15, 0.2) is 36.4 Å². The predicted molar refractivity (Wildman–Crippen MR) is 90.0 cm³/mol. The summed E-state index contributed by atoms with van der Waals surface area (Å²) in [6.45, 7) is 6.74. The SMILES string of the molecule is CC/C=C\CCc1cccc(OCCCN2CCCC2)c1. The summed E-state index contributed by atoms with van der Waals surface area (Å²) in [4.78, 5) is 2.54. The highest BCUT2D eigenvalue weighted by molar-refractivity contribution is 5.28. The van der Waals surface area contributed by atoms with E-state index in [4.69, 9.17) is 4.74 Å². The van der Waals surface area contributed by atoms with E-state index in [1.54, 1.807) is 0 Å². The second-order valence-corrected chi connectivity index (χ2v) is 5.82. The third-order valence-corrected chi connectivity index (χ3v) is 3.99. The maximum Gasteiger partial charge on any atom is 0.119 e. The lowest BCUT2D eigenvalue weighted by molar-refractivity contribution is 0.263. The number of rotatable bonds is 9. The monoisotopic (exact) mass is 287 g/mol. The number of likely N-dealkylation sites (tertiary alicyclic amines) is 1. The first-order valence-corrected chi connectivity index (χ1v) is 8.47. The summed E-state index contributed by atoms with van der Waals surface area (Å²) < 4.78 is 5.89. The molecule has 2 rings (SSSR count). The van der Waals surface area contributed by atoms with Crippen LogP contribution in [0.2, 0.25) is 0 Å². The van der Waals surface area contributed by atoms with Gasteiger partial charge in [0.15, 0.2) is 0 Å². The lowest BCUT2D eigenvalue weighted by Gasteiger charge is -2.14. The van der Waals surface area contributed by atoms with Gasteiger partial charge in [0, 0.05) is 6.54 Å². The molecule has 0 unspecified atom stereocenters. The molecule has 0 aliphatic carbocycles. The Morgan fingerprint density at radius 2 is 2.05 bits per heavy atom. The third kappa shape index (κ3) is 6.34. The van der Waals surface area contributed by atoms with Crippen LogP contribution in [-0.2, 0) is 6.42 Å². The van der Waals surface area contributed by atoms with Crippen molar-refractivity contribution >= 4 is 0 Å². The molecule has 1 aromatic rings. The summed E-state index contributed by atoms with van der Waals surface area (Å²) in [5, 5.41) is 0. The maximum absolute atomic E-state index is 5.89. The van der Waals surface area contributed by atoms with Crippen molar-refractivity contribution in [3.63, 3.8) is 0 Å². The second-order valence-electron chi connectivity index (χ2n) is 5.82. The van der Waals surface area contributed by atoms with E-state index in [2.05, 4.69) is 48.2 Å². The fourth-order valence-electron chi connectivity index (χ4n) is 2.81. The largest absolute Gasteiger partial charge is 0.494 e. The predicted octanol–water partition coefficient (Wildman–Crippen LogP) is 4.45. The molecule has 0 amide bonds. The first kappa shape index (κ1) is 16.1. The zero-order valence-corrected chi connectivity index (χ0v) is 13.4. The molecule has 0 atom stereocenters. The molecule has 1 aliphatic heterocycles.